The zero-order chi connectivity index (χ0) is 18.1. The predicted molar refractivity (Wildman–Crippen MR) is 101 cm³/mol. The average Bonchev–Trinajstić information content (AvgIpc) is 3.27. The number of benzene rings is 2. The minimum absolute atomic E-state index is 0.274. The molecule has 2 unspecified atom stereocenters. The SMILES string of the molecule is C[C@]1(c2cc3ccccc3s2)N=C(C(F)(F)F)C2c3ccccc3SC21. The van der Waals surface area contributed by atoms with Gasteiger partial charge in [-0.1, -0.05) is 36.4 Å². The Morgan fingerprint density at radius 1 is 1.04 bits per heavy atom. The van der Waals surface area contributed by atoms with Crippen LogP contribution < -0.4 is 0 Å². The Labute approximate surface area is 157 Å². The Morgan fingerprint density at radius 2 is 1.77 bits per heavy atom. The number of hydrogen-bond donors (Lipinski definition) is 0. The molecule has 0 saturated heterocycles. The van der Waals surface area contributed by atoms with Crippen molar-refractivity contribution in [3.63, 3.8) is 0 Å². The van der Waals surface area contributed by atoms with E-state index in [0.29, 0.717) is 0 Å². The van der Waals surface area contributed by atoms with Crippen LogP contribution in [0.3, 0.4) is 0 Å². The van der Waals surface area contributed by atoms with Gasteiger partial charge in [-0.2, -0.15) is 13.2 Å². The van der Waals surface area contributed by atoms with Gasteiger partial charge in [0.15, 0.2) is 0 Å². The van der Waals surface area contributed by atoms with E-state index in [1.165, 1.54) is 11.8 Å². The summed E-state index contributed by atoms with van der Waals surface area (Å²) in [6, 6.07) is 17.3. The lowest BCUT2D eigenvalue weighted by molar-refractivity contribution is -0.0607. The molecule has 3 atom stereocenters. The molecule has 0 spiro atoms. The summed E-state index contributed by atoms with van der Waals surface area (Å²) < 4.78 is 42.5. The summed E-state index contributed by atoms with van der Waals surface area (Å²) in [5, 5.41) is 0.783. The van der Waals surface area contributed by atoms with Crippen molar-refractivity contribution in [1.82, 2.24) is 0 Å². The molecule has 5 rings (SSSR count). The first-order valence-corrected chi connectivity index (χ1v) is 9.99. The number of fused-ring (bicyclic) bond motifs is 4. The first-order valence-electron chi connectivity index (χ1n) is 8.29. The van der Waals surface area contributed by atoms with E-state index >= 15 is 0 Å². The topological polar surface area (TPSA) is 12.4 Å². The minimum Gasteiger partial charge on any atom is -0.271 e. The molecule has 6 heteroatoms. The predicted octanol–water partition coefficient (Wildman–Crippen LogP) is 6.39. The Balaban J connectivity index is 1.71. The average molecular weight is 389 g/mol. The fourth-order valence-electron chi connectivity index (χ4n) is 3.99. The minimum atomic E-state index is -4.42. The zero-order valence-electron chi connectivity index (χ0n) is 13.7. The highest BCUT2D eigenvalue weighted by Crippen LogP contribution is 2.60. The van der Waals surface area contributed by atoms with Gasteiger partial charge in [0.25, 0.3) is 0 Å². The second kappa shape index (κ2) is 5.36. The Bertz CT molecular complexity index is 1020. The maximum Gasteiger partial charge on any atom is 0.429 e. The number of halogens is 3. The third kappa shape index (κ3) is 2.21. The summed E-state index contributed by atoms with van der Waals surface area (Å²) in [7, 11) is 0. The number of nitrogens with zero attached hydrogens (tertiary/aromatic N) is 1. The smallest absolute Gasteiger partial charge is 0.271 e. The van der Waals surface area contributed by atoms with Crippen LogP contribution in [-0.2, 0) is 5.54 Å². The molecule has 2 aliphatic heterocycles. The Kier molecular flexibility index (Phi) is 3.38. The van der Waals surface area contributed by atoms with E-state index in [1.54, 1.807) is 11.3 Å². The van der Waals surface area contributed by atoms with Gasteiger partial charge in [-0.05, 0) is 36.1 Å². The maximum atomic E-state index is 13.8. The van der Waals surface area contributed by atoms with Crippen molar-refractivity contribution in [1.29, 1.82) is 0 Å². The summed E-state index contributed by atoms with van der Waals surface area (Å²) in [4.78, 5) is 6.15. The van der Waals surface area contributed by atoms with Crippen LogP contribution in [0.15, 0.2) is 64.5 Å². The van der Waals surface area contributed by atoms with Gasteiger partial charge in [-0.15, -0.1) is 23.1 Å². The molecule has 0 aliphatic carbocycles. The van der Waals surface area contributed by atoms with E-state index in [0.717, 1.165) is 25.4 Å². The van der Waals surface area contributed by atoms with Crippen molar-refractivity contribution in [2.45, 2.75) is 34.7 Å². The number of thiophene rings is 1. The van der Waals surface area contributed by atoms with Crippen molar-refractivity contribution in [3.05, 3.63) is 65.0 Å². The first kappa shape index (κ1) is 16.4. The van der Waals surface area contributed by atoms with Crippen LogP contribution in [0.5, 0.6) is 0 Å². The highest BCUT2D eigenvalue weighted by molar-refractivity contribution is 8.00. The molecule has 0 bridgehead atoms. The highest BCUT2D eigenvalue weighted by Gasteiger charge is 2.59. The molecule has 1 nitrogen and oxygen atoms in total. The molecule has 26 heavy (non-hydrogen) atoms. The van der Waals surface area contributed by atoms with Crippen LogP contribution in [0.25, 0.3) is 10.1 Å². The molecule has 1 aromatic heterocycles. The standard InChI is InChI=1S/C20H14F3NS2/c1-19(15-10-11-6-2-4-8-13(11)25-15)18-16(17(24-19)20(21,22)23)12-7-3-5-9-14(12)26-18/h2-10,16,18H,1H3/t16?,18?,19-/m1/s1. The van der Waals surface area contributed by atoms with Crippen molar-refractivity contribution in [2.24, 2.45) is 4.99 Å². The van der Waals surface area contributed by atoms with Gasteiger partial charge in [0.2, 0.25) is 0 Å². The molecule has 0 radical (unpaired) electrons. The molecule has 0 amide bonds. The molecule has 0 fully saturated rings. The molecule has 132 valence electrons. The largest absolute Gasteiger partial charge is 0.429 e. The van der Waals surface area contributed by atoms with Crippen LogP contribution in [0.2, 0.25) is 0 Å². The van der Waals surface area contributed by atoms with Crippen molar-refractivity contribution >= 4 is 38.9 Å². The van der Waals surface area contributed by atoms with Gasteiger partial charge in [0.1, 0.15) is 11.3 Å². The van der Waals surface area contributed by atoms with Crippen LogP contribution in [0.4, 0.5) is 13.2 Å². The summed E-state index contributed by atoms with van der Waals surface area (Å²) in [6.45, 7) is 1.85. The van der Waals surface area contributed by atoms with E-state index in [2.05, 4.69) is 4.99 Å². The third-order valence-corrected chi connectivity index (χ3v) is 8.18. The van der Waals surface area contributed by atoms with Gasteiger partial charge in [0.05, 0.1) is 5.25 Å². The van der Waals surface area contributed by atoms with Crippen molar-refractivity contribution in [3.8, 4) is 0 Å². The van der Waals surface area contributed by atoms with E-state index in [4.69, 9.17) is 0 Å². The summed E-state index contributed by atoms with van der Waals surface area (Å²) in [5.74, 6) is -0.702. The van der Waals surface area contributed by atoms with Gasteiger partial charge >= 0.3 is 6.18 Å². The van der Waals surface area contributed by atoms with E-state index in [1.807, 2.05) is 61.5 Å². The second-order valence-electron chi connectivity index (χ2n) is 6.84. The van der Waals surface area contributed by atoms with E-state index in [9.17, 15) is 13.2 Å². The molecule has 3 aromatic rings. The highest BCUT2D eigenvalue weighted by atomic mass is 32.2. The Hall–Kier alpha value is -1.79. The monoisotopic (exact) mass is 389 g/mol. The summed E-state index contributed by atoms with van der Waals surface area (Å²) in [6.07, 6.45) is -4.42. The summed E-state index contributed by atoms with van der Waals surface area (Å²) in [5.41, 5.74) is -0.772. The lowest BCUT2D eigenvalue weighted by Gasteiger charge is -2.27. The molecular weight excluding hydrogens is 375 g/mol. The number of hydrogen-bond acceptors (Lipinski definition) is 3. The maximum absolute atomic E-state index is 13.8. The fourth-order valence-corrected chi connectivity index (χ4v) is 6.84. The first-order chi connectivity index (χ1) is 12.4. The fraction of sp³-hybridized carbons (Fsp3) is 0.250. The normalized spacial score (nSPS) is 27.5. The van der Waals surface area contributed by atoms with Crippen LogP contribution in [0, 0.1) is 0 Å². The van der Waals surface area contributed by atoms with Crippen molar-refractivity contribution < 1.29 is 13.2 Å². The van der Waals surface area contributed by atoms with Crippen LogP contribution >= 0.6 is 23.1 Å². The molecule has 3 heterocycles. The number of aliphatic imine (C=N–C) groups is 1. The van der Waals surface area contributed by atoms with E-state index < -0.39 is 23.3 Å². The van der Waals surface area contributed by atoms with Crippen LogP contribution in [-0.4, -0.2) is 17.1 Å². The van der Waals surface area contributed by atoms with Gasteiger partial charge in [-0.25, -0.2) is 0 Å². The lowest BCUT2D eigenvalue weighted by Crippen LogP contribution is -2.31. The van der Waals surface area contributed by atoms with Gasteiger partial charge in [0, 0.05) is 20.4 Å². The quantitative estimate of drug-likeness (QED) is 0.470. The molecular formula is C20H14F3NS2. The number of alkyl halides is 3. The number of rotatable bonds is 1. The van der Waals surface area contributed by atoms with Gasteiger partial charge in [-0.3, -0.25) is 4.99 Å². The third-order valence-electron chi connectivity index (χ3n) is 5.23. The number of thioether (sulfide) groups is 1. The van der Waals surface area contributed by atoms with Crippen molar-refractivity contribution in [2.75, 3.05) is 0 Å². The molecule has 2 aromatic carbocycles. The lowest BCUT2D eigenvalue weighted by atomic mass is 9.85. The Morgan fingerprint density at radius 3 is 2.54 bits per heavy atom. The summed E-state index contributed by atoms with van der Waals surface area (Å²) >= 11 is 3.08. The second-order valence-corrected chi connectivity index (χ2v) is 9.11. The van der Waals surface area contributed by atoms with E-state index in [-0.39, 0.29) is 5.25 Å². The zero-order valence-corrected chi connectivity index (χ0v) is 15.4. The molecule has 2 aliphatic rings. The molecule has 0 saturated carbocycles. The van der Waals surface area contributed by atoms with Gasteiger partial charge < -0.3 is 0 Å². The van der Waals surface area contributed by atoms with Crippen LogP contribution in [0.1, 0.15) is 23.3 Å². The molecule has 0 N–H and O–H groups in total.